The van der Waals surface area contributed by atoms with Crippen molar-refractivity contribution in [1.82, 2.24) is 10.2 Å². The number of carbonyl (C=O) groups is 3. The number of thioether (sulfide) groups is 1. The average Bonchev–Trinajstić information content (AvgIpc) is 3.02. The lowest BCUT2D eigenvalue weighted by atomic mass is 10.0. The van der Waals surface area contributed by atoms with E-state index in [0.717, 1.165) is 5.56 Å². The highest BCUT2D eigenvalue weighted by atomic mass is 32.2. The molecule has 2 heterocycles. The maximum Gasteiger partial charge on any atom is 0.408 e. The third-order valence-electron chi connectivity index (χ3n) is 4.18. The molecule has 0 aromatic heterocycles. The molecule has 3 N–H and O–H groups in total. The van der Waals surface area contributed by atoms with Gasteiger partial charge in [-0.3, -0.25) is 9.59 Å². The standard InChI is InChI=1S/C16H19N3O4S/c17-14(20)12-9-24-13-7-6-11(15(21)19(12)13)18-16(22)23-8-10-4-2-1-3-5-10/h1-5,11-13H,6-9H2,(H2,17,20)(H,18,22)/t11-,12-,13-/m0/s1. The Morgan fingerprint density at radius 3 is 2.75 bits per heavy atom. The molecule has 0 spiro atoms. The number of amides is 3. The van der Waals surface area contributed by atoms with Crippen molar-refractivity contribution in [2.75, 3.05) is 5.75 Å². The van der Waals surface area contributed by atoms with Gasteiger partial charge in [-0.2, -0.15) is 0 Å². The normalized spacial score (nSPS) is 25.9. The summed E-state index contributed by atoms with van der Waals surface area (Å²) in [6, 6.07) is 8.02. The zero-order chi connectivity index (χ0) is 17.1. The van der Waals surface area contributed by atoms with Gasteiger partial charge in [-0.15, -0.1) is 11.8 Å². The van der Waals surface area contributed by atoms with E-state index in [-0.39, 0.29) is 17.9 Å². The maximum absolute atomic E-state index is 12.6. The predicted molar refractivity (Wildman–Crippen MR) is 88.9 cm³/mol. The van der Waals surface area contributed by atoms with Crippen molar-refractivity contribution in [3.8, 4) is 0 Å². The first-order valence-electron chi connectivity index (χ1n) is 7.76. The summed E-state index contributed by atoms with van der Waals surface area (Å²) in [5.74, 6) is -0.265. The Kier molecular flexibility index (Phi) is 4.94. The van der Waals surface area contributed by atoms with E-state index in [1.54, 1.807) is 11.8 Å². The minimum atomic E-state index is -0.676. The number of primary amides is 1. The molecule has 0 aliphatic carbocycles. The lowest BCUT2D eigenvalue weighted by Gasteiger charge is -2.36. The Balaban J connectivity index is 1.56. The van der Waals surface area contributed by atoms with Crippen molar-refractivity contribution in [1.29, 1.82) is 0 Å². The molecule has 0 unspecified atom stereocenters. The number of nitrogens with two attached hydrogens (primary N) is 1. The summed E-state index contributed by atoms with van der Waals surface area (Å²) in [5.41, 5.74) is 6.24. The molecule has 0 saturated carbocycles. The third kappa shape index (κ3) is 3.48. The van der Waals surface area contributed by atoms with E-state index in [2.05, 4.69) is 5.32 Å². The summed E-state index contributed by atoms with van der Waals surface area (Å²) < 4.78 is 5.15. The van der Waals surface area contributed by atoms with Crippen molar-refractivity contribution in [2.45, 2.75) is 36.9 Å². The van der Waals surface area contributed by atoms with Gasteiger partial charge in [-0.05, 0) is 18.4 Å². The Hall–Kier alpha value is -2.22. The topological polar surface area (TPSA) is 102 Å². The van der Waals surface area contributed by atoms with Crippen LogP contribution in [0.15, 0.2) is 30.3 Å². The van der Waals surface area contributed by atoms with Crippen LogP contribution in [-0.2, 0) is 20.9 Å². The van der Waals surface area contributed by atoms with Crippen LogP contribution in [0.5, 0.6) is 0 Å². The monoisotopic (exact) mass is 349 g/mol. The van der Waals surface area contributed by atoms with Gasteiger partial charge in [0.05, 0.1) is 5.37 Å². The molecule has 2 aliphatic heterocycles. The van der Waals surface area contributed by atoms with Gasteiger partial charge in [0.1, 0.15) is 18.7 Å². The van der Waals surface area contributed by atoms with Crippen LogP contribution >= 0.6 is 11.8 Å². The molecule has 2 fully saturated rings. The maximum atomic E-state index is 12.6. The van der Waals surface area contributed by atoms with E-state index < -0.39 is 24.1 Å². The van der Waals surface area contributed by atoms with Crippen molar-refractivity contribution >= 4 is 29.7 Å². The number of carbonyl (C=O) groups excluding carboxylic acids is 3. The zero-order valence-electron chi connectivity index (χ0n) is 13.0. The number of alkyl carbamates (subject to hydrolysis) is 1. The van der Waals surface area contributed by atoms with E-state index in [1.807, 2.05) is 30.3 Å². The Morgan fingerprint density at radius 1 is 1.29 bits per heavy atom. The summed E-state index contributed by atoms with van der Waals surface area (Å²) in [7, 11) is 0. The average molecular weight is 349 g/mol. The molecule has 0 bridgehead atoms. The van der Waals surface area contributed by atoms with Gasteiger partial charge in [0.2, 0.25) is 11.8 Å². The molecule has 3 amide bonds. The zero-order valence-corrected chi connectivity index (χ0v) is 13.8. The highest BCUT2D eigenvalue weighted by molar-refractivity contribution is 8.00. The second-order valence-corrected chi connectivity index (χ2v) is 7.00. The molecule has 2 saturated heterocycles. The van der Waals surface area contributed by atoms with Crippen LogP contribution in [0, 0.1) is 0 Å². The molecule has 1 aromatic carbocycles. The molecule has 3 rings (SSSR count). The van der Waals surface area contributed by atoms with Crippen LogP contribution in [0.1, 0.15) is 18.4 Å². The summed E-state index contributed by atoms with van der Waals surface area (Å²) in [6.07, 6.45) is 0.598. The van der Waals surface area contributed by atoms with Crippen LogP contribution in [0.25, 0.3) is 0 Å². The lowest BCUT2D eigenvalue weighted by molar-refractivity contribution is -0.142. The molecule has 0 radical (unpaired) electrons. The number of ether oxygens (including phenoxy) is 1. The van der Waals surface area contributed by atoms with Crippen molar-refractivity contribution in [2.24, 2.45) is 5.73 Å². The van der Waals surface area contributed by atoms with Gasteiger partial charge >= 0.3 is 6.09 Å². The van der Waals surface area contributed by atoms with Gasteiger partial charge in [-0.1, -0.05) is 30.3 Å². The SMILES string of the molecule is NC(=O)[C@@H]1CS[C@H]2CC[C@H](NC(=O)OCc3ccccc3)C(=O)N21. The highest BCUT2D eigenvalue weighted by Crippen LogP contribution is 2.36. The first kappa shape index (κ1) is 16.6. The molecule has 3 atom stereocenters. The fourth-order valence-electron chi connectivity index (χ4n) is 2.95. The number of hydrogen-bond acceptors (Lipinski definition) is 5. The number of benzene rings is 1. The fourth-order valence-corrected chi connectivity index (χ4v) is 4.40. The van der Waals surface area contributed by atoms with Crippen molar-refractivity contribution < 1.29 is 19.1 Å². The van der Waals surface area contributed by atoms with Gasteiger partial charge in [0.25, 0.3) is 0 Å². The van der Waals surface area contributed by atoms with Crippen LogP contribution in [-0.4, -0.2) is 46.0 Å². The molecular formula is C16H19N3O4S. The second kappa shape index (κ2) is 7.12. The summed E-state index contributed by atoms with van der Waals surface area (Å²) in [6.45, 7) is 0.139. The minimum absolute atomic E-state index is 0.0339. The molecular weight excluding hydrogens is 330 g/mol. The Labute approximate surface area is 143 Å². The second-order valence-electron chi connectivity index (χ2n) is 5.79. The first-order chi connectivity index (χ1) is 11.6. The molecule has 8 heteroatoms. The molecule has 24 heavy (non-hydrogen) atoms. The largest absolute Gasteiger partial charge is 0.445 e. The smallest absolute Gasteiger partial charge is 0.408 e. The summed E-state index contributed by atoms with van der Waals surface area (Å²) >= 11 is 1.56. The van der Waals surface area contributed by atoms with Gasteiger partial charge in [0.15, 0.2) is 0 Å². The van der Waals surface area contributed by atoms with Crippen LogP contribution < -0.4 is 11.1 Å². The van der Waals surface area contributed by atoms with Crippen molar-refractivity contribution in [3.05, 3.63) is 35.9 Å². The van der Waals surface area contributed by atoms with Gasteiger partial charge in [0, 0.05) is 5.75 Å². The number of hydrogen-bond donors (Lipinski definition) is 2. The van der Waals surface area contributed by atoms with Crippen LogP contribution in [0.3, 0.4) is 0 Å². The molecule has 128 valence electrons. The van der Waals surface area contributed by atoms with E-state index in [9.17, 15) is 14.4 Å². The van der Waals surface area contributed by atoms with E-state index in [4.69, 9.17) is 10.5 Å². The van der Waals surface area contributed by atoms with E-state index in [1.165, 1.54) is 4.90 Å². The first-order valence-corrected chi connectivity index (χ1v) is 8.81. The molecule has 2 aliphatic rings. The van der Waals surface area contributed by atoms with Crippen LogP contribution in [0.4, 0.5) is 4.79 Å². The summed E-state index contributed by atoms with van der Waals surface area (Å²) in [5, 5.41) is 2.56. The van der Waals surface area contributed by atoms with Gasteiger partial charge in [-0.25, -0.2) is 4.79 Å². The number of nitrogens with zero attached hydrogens (tertiary/aromatic N) is 1. The Bertz CT molecular complexity index is 639. The van der Waals surface area contributed by atoms with Gasteiger partial charge < -0.3 is 20.7 Å². The molecule has 7 nitrogen and oxygen atoms in total. The van der Waals surface area contributed by atoms with E-state index >= 15 is 0 Å². The summed E-state index contributed by atoms with van der Waals surface area (Å²) in [4.78, 5) is 37.5. The number of rotatable bonds is 4. The lowest BCUT2D eigenvalue weighted by Crippen LogP contribution is -2.58. The third-order valence-corrected chi connectivity index (χ3v) is 5.54. The Morgan fingerprint density at radius 2 is 2.04 bits per heavy atom. The van der Waals surface area contributed by atoms with Crippen LogP contribution in [0.2, 0.25) is 0 Å². The quantitative estimate of drug-likeness (QED) is 0.838. The number of nitrogens with one attached hydrogen (secondary N) is 1. The number of fused-ring (bicyclic) bond motifs is 1. The highest BCUT2D eigenvalue weighted by Gasteiger charge is 2.46. The number of piperidine rings is 1. The van der Waals surface area contributed by atoms with E-state index in [0.29, 0.717) is 18.6 Å². The minimum Gasteiger partial charge on any atom is -0.445 e. The molecule has 1 aromatic rings. The predicted octanol–water partition coefficient (Wildman–Crippen LogP) is 0.831. The van der Waals surface area contributed by atoms with Crippen molar-refractivity contribution in [3.63, 3.8) is 0 Å². The fraction of sp³-hybridized carbons (Fsp3) is 0.438.